The van der Waals surface area contributed by atoms with E-state index in [0.717, 1.165) is 0 Å². The van der Waals surface area contributed by atoms with Gasteiger partial charge in [0.2, 0.25) is 0 Å². The number of carbonyl (C=O) groups is 1. The number of rotatable bonds is 7. The minimum atomic E-state index is -0.459. The molecule has 126 valence electrons. The van der Waals surface area contributed by atoms with Gasteiger partial charge in [-0.15, -0.1) is 0 Å². The first kappa shape index (κ1) is 17.3. The second kappa shape index (κ2) is 8.52. The second-order valence-electron chi connectivity index (χ2n) is 4.70. The van der Waals surface area contributed by atoms with E-state index >= 15 is 0 Å². The third kappa shape index (κ3) is 5.28. The Balaban J connectivity index is 1.83. The third-order valence-corrected chi connectivity index (χ3v) is 2.87. The number of carbonyl (C=O) groups excluding carboxylic acids is 1. The van der Waals surface area contributed by atoms with Crippen LogP contribution in [-0.4, -0.2) is 30.4 Å². The number of amides is 1. The Morgan fingerprint density at radius 3 is 2.71 bits per heavy atom. The molecule has 24 heavy (non-hydrogen) atoms. The first-order valence-electron chi connectivity index (χ1n) is 7.24. The highest BCUT2D eigenvalue weighted by Gasteiger charge is 2.03. The minimum absolute atomic E-state index is 0.0331. The van der Waals surface area contributed by atoms with E-state index in [1.807, 2.05) is 6.92 Å². The molecule has 0 aliphatic carbocycles. The molecule has 2 rings (SSSR count). The lowest BCUT2D eigenvalue weighted by atomic mass is 10.2. The van der Waals surface area contributed by atoms with Crippen molar-refractivity contribution < 1.29 is 23.8 Å². The number of halogens is 1. The summed E-state index contributed by atoms with van der Waals surface area (Å²) in [6, 6.07) is 10.0. The monoisotopic (exact) mass is 332 g/mol. The summed E-state index contributed by atoms with van der Waals surface area (Å²) in [5.41, 5.74) is 2.96. The average Bonchev–Trinajstić information content (AvgIpc) is 2.57. The van der Waals surface area contributed by atoms with E-state index in [0.29, 0.717) is 23.7 Å². The van der Waals surface area contributed by atoms with Gasteiger partial charge in [-0.1, -0.05) is 0 Å². The maximum Gasteiger partial charge on any atom is 0.277 e. The van der Waals surface area contributed by atoms with Gasteiger partial charge in [-0.25, -0.2) is 9.82 Å². The number of nitrogens with one attached hydrogen (secondary N) is 1. The summed E-state index contributed by atoms with van der Waals surface area (Å²) in [6.45, 7) is 1.98. The van der Waals surface area contributed by atoms with Crippen LogP contribution in [0.3, 0.4) is 0 Å². The highest BCUT2D eigenvalue weighted by Crippen LogP contribution is 2.26. The number of hydrazone groups is 1. The predicted molar refractivity (Wildman–Crippen MR) is 86.9 cm³/mol. The van der Waals surface area contributed by atoms with Crippen molar-refractivity contribution in [2.45, 2.75) is 6.92 Å². The molecule has 2 aromatic rings. The van der Waals surface area contributed by atoms with E-state index in [2.05, 4.69) is 10.5 Å². The fourth-order valence-corrected chi connectivity index (χ4v) is 1.77. The van der Waals surface area contributed by atoms with Crippen LogP contribution in [0.4, 0.5) is 4.39 Å². The molecule has 0 unspecified atom stereocenters. The van der Waals surface area contributed by atoms with Gasteiger partial charge in [-0.3, -0.25) is 4.79 Å². The molecule has 1 amide bonds. The maximum absolute atomic E-state index is 12.7. The molecule has 0 aliphatic heterocycles. The number of hydrogen-bond donors (Lipinski definition) is 2. The van der Waals surface area contributed by atoms with Crippen LogP contribution in [0.25, 0.3) is 0 Å². The normalized spacial score (nSPS) is 10.6. The molecule has 2 aromatic carbocycles. The highest BCUT2D eigenvalue weighted by molar-refractivity contribution is 5.83. The van der Waals surface area contributed by atoms with Crippen LogP contribution in [0, 0.1) is 5.82 Å². The molecule has 0 saturated heterocycles. The fourth-order valence-electron chi connectivity index (χ4n) is 1.77. The van der Waals surface area contributed by atoms with Crippen LogP contribution in [0.1, 0.15) is 12.5 Å². The van der Waals surface area contributed by atoms with Crippen LogP contribution < -0.4 is 14.9 Å². The molecule has 0 aliphatic rings. The van der Waals surface area contributed by atoms with E-state index in [-0.39, 0.29) is 18.2 Å². The average molecular weight is 332 g/mol. The summed E-state index contributed by atoms with van der Waals surface area (Å²) in [5, 5.41) is 13.4. The zero-order valence-corrected chi connectivity index (χ0v) is 13.0. The van der Waals surface area contributed by atoms with Crippen molar-refractivity contribution in [3.63, 3.8) is 0 Å². The van der Waals surface area contributed by atoms with E-state index in [9.17, 15) is 14.3 Å². The van der Waals surface area contributed by atoms with Crippen LogP contribution in [0.5, 0.6) is 17.2 Å². The SMILES string of the molecule is CCOc1cc(C=NNC(=O)COc2ccc(F)cc2)ccc1O. The van der Waals surface area contributed by atoms with E-state index in [1.165, 1.54) is 36.5 Å². The van der Waals surface area contributed by atoms with Gasteiger partial charge >= 0.3 is 0 Å². The molecule has 0 heterocycles. The third-order valence-electron chi connectivity index (χ3n) is 2.87. The Hall–Kier alpha value is -3.09. The summed E-state index contributed by atoms with van der Waals surface area (Å²) in [5.74, 6) is -0.0790. The lowest BCUT2D eigenvalue weighted by Gasteiger charge is -2.06. The summed E-state index contributed by atoms with van der Waals surface area (Å²) in [4.78, 5) is 11.6. The number of aromatic hydroxyl groups is 1. The quantitative estimate of drug-likeness (QED) is 0.603. The van der Waals surface area contributed by atoms with Crippen LogP contribution in [0.15, 0.2) is 47.6 Å². The van der Waals surface area contributed by atoms with Crippen LogP contribution in [-0.2, 0) is 4.79 Å². The van der Waals surface area contributed by atoms with Crippen LogP contribution >= 0.6 is 0 Å². The zero-order chi connectivity index (χ0) is 17.4. The van der Waals surface area contributed by atoms with Crippen molar-refractivity contribution in [3.8, 4) is 17.2 Å². The minimum Gasteiger partial charge on any atom is -0.504 e. The highest BCUT2D eigenvalue weighted by atomic mass is 19.1. The predicted octanol–water partition coefficient (Wildman–Crippen LogP) is 2.46. The molecular weight excluding hydrogens is 315 g/mol. The van der Waals surface area contributed by atoms with E-state index in [4.69, 9.17) is 9.47 Å². The molecular formula is C17H17FN2O4. The lowest BCUT2D eigenvalue weighted by molar-refractivity contribution is -0.123. The molecule has 0 atom stereocenters. The number of hydrogen-bond acceptors (Lipinski definition) is 5. The van der Waals surface area contributed by atoms with Gasteiger partial charge in [0.15, 0.2) is 18.1 Å². The summed E-state index contributed by atoms with van der Waals surface area (Å²) in [7, 11) is 0. The molecule has 6 nitrogen and oxygen atoms in total. The number of phenolic OH excluding ortho intramolecular Hbond substituents is 1. The number of benzene rings is 2. The maximum atomic E-state index is 12.7. The van der Waals surface area contributed by atoms with Gasteiger partial charge in [0.1, 0.15) is 11.6 Å². The first-order valence-corrected chi connectivity index (χ1v) is 7.24. The van der Waals surface area contributed by atoms with Crippen molar-refractivity contribution in [2.75, 3.05) is 13.2 Å². The molecule has 2 N–H and O–H groups in total. The molecule has 0 radical (unpaired) electrons. The molecule has 7 heteroatoms. The van der Waals surface area contributed by atoms with Gasteiger partial charge in [0, 0.05) is 0 Å². The van der Waals surface area contributed by atoms with Crippen LogP contribution in [0.2, 0.25) is 0 Å². The molecule has 0 fully saturated rings. The first-order chi connectivity index (χ1) is 11.6. The second-order valence-corrected chi connectivity index (χ2v) is 4.70. The molecule has 0 spiro atoms. The summed E-state index contributed by atoms with van der Waals surface area (Å²) in [6.07, 6.45) is 1.41. The lowest BCUT2D eigenvalue weighted by Crippen LogP contribution is -2.24. The number of nitrogens with zero attached hydrogens (tertiary/aromatic N) is 1. The Labute approximate surface area is 138 Å². The fraction of sp³-hybridized carbons (Fsp3) is 0.176. The smallest absolute Gasteiger partial charge is 0.277 e. The summed E-state index contributed by atoms with van der Waals surface area (Å²) >= 11 is 0. The Kier molecular flexibility index (Phi) is 6.13. The zero-order valence-electron chi connectivity index (χ0n) is 13.0. The van der Waals surface area contributed by atoms with Gasteiger partial charge in [-0.2, -0.15) is 5.10 Å². The number of phenols is 1. The molecule has 0 aromatic heterocycles. The van der Waals surface area contributed by atoms with Gasteiger partial charge in [-0.05, 0) is 55.0 Å². The molecule has 0 bridgehead atoms. The Morgan fingerprint density at radius 2 is 2.00 bits per heavy atom. The number of ether oxygens (including phenoxy) is 2. The van der Waals surface area contributed by atoms with Crippen molar-refractivity contribution in [1.29, 1.82) is 0 Å². The van der Waals surface area contributed by atoms with Crippen molar-refractivity contribution >= 4 is 12.1 Å². The summed E-state index contributed by atoms with van der Waals surface area (Å²) < 4.78 is 23.2. The standard InChI is InChI=1S/C17H17FN2O4/c1-2-23-16-9-12(3-8-15(16)21)10-19-20-17(22)11-24-14-6-4-13(18)5-7-14/h3-10,21H,2,11H2,1H3,(H,20,22). The Bertz CT molecular complexity index is 717. The van der Waals surface area contributed by atoms with Crippen molar-refractivity contribution in [3.05, 3.63) is 53.8 Å². The topological polar surface area (TPSA) is 80.2 Å². The molecule has 0 saturated carbocycles. The van der Waals surface area contributed by atoms with Gasteiger partial charge < -0.3 is 14.6 Å². The largest absolute Gasteiger partial charge is 0.504 e. The van der Waals surface area contributed by atoms with Crippen molar-refractivity contribution in [1.82, 2.24) is 5.43 Å². The van der Waals surface area contributed by atoms with E-state index < -0.39 is 5.91 Å². The van der Waals surface area contributed by atoms with E-state index in [1.54, 1.807) is 12.1 Å². The van der Waals surface area contributed by atoms with Gasteiger partial charge in [0.05, 0.1) is 12.8 Å². The van der Waals surface area contributed by atoms with Gasteiger partial charge in [0.25, 0.3) is 5.91 Å². The van der Waals surface area contributed by atoms with Crippen molar-refractivity contribution in [2.24, 2.45) is 5.10 Å². The Morgan fingerprint density at radius 1 is 1.25 bits per heavy atom.